The van der Waals surface area contributed by atoms with Crippen molar-refractivity contribution >= 4 is 5.91 Å². The number of halogens is 1. The Bertz CT molecular complexity index is 427. The molecule has 0 radical (unpaired) electrons. The molecule has 19 heavy (non-hydrogen) atoms. The number of hydrogen-bond donors (Lipinski definition) is 0. The molecule has 0 N–H and O–H groups in total. The average molecular weight is 263 g/mol. The van der Waals surface area contributed by atoms with Crippen LogP contribution in [0.4, 0.5) is 4.39 Å². The number of amides is 1. The molecule has 104 valence electrons. The van der Waals surface area contributed by atoms with Crippen LogP contribution in [0.3, 0.4) is 0 Å². The van der Waals surface area contributed by atoms with Crippen molar-refractivity contribution in [2.75, 3.05) is 6.54 Å². The minimum Gasteiger partial charge on any atom is -0.338 e. The third-order valence-corrected chi connectivity index (χ3v) is 3.91. The summed E-state index contributed by atoms with van der Waals surface area (Å²) < 4.78 is 13.2. The molecule has 0 spiro atoms. The van der Waals surface area contributed by atoms with Gasteiger partial charge in [0.15, 0.2) is 0 Å². The van der Waals surface area contributed by atoms with Crippen LogP contribution in [0.15, 0.2) is 24.3 Å². The van der Waals surface area contributed by atoms with Crippen molar-refractivity contribution in [3.05, 3.63) is 35.6 Å². The number of benzene rings is 1. The maximum atomic E-state index is 13.2. The van der Waals surface area contributed by atoms with Crippen molar-refractivity contribution in [2.24, 2.45) is 5.92 Å². The number of carbonyl (C=O) groups is 1. The summed E-state index contributed by atoms with van der Waals surface area (Å²) in [6, 6.07) is 6.52. The Labute approximate surface area is 114 Å². The monoisotopic (exact) mass is 263 g/mol. The first-order chi connectivity index (χ1) is 9.20. The van der Waals surface area contributed by atoms with E-state index in [9.17, 15) is 9.18 Å². The number of carbonyl (C=O) groups excluding carboxylic acids is 1. The van der Waals surface area contributed by atoms with Crippen LogP contribution in [0.5, 0.6) is 0 Å². The first kappa shape index (κ1) is 14.0. The molecule has 3 heteroatoms. The van der Waals surface area contributed by atoms with Gasteiger partial charge in [-0.05, 0) is 37.5 Å². The second kappa shape index (κ2) is 6.69. The van der Waals surface area contributed by atoms with E-state index < -0.39 is 0 Å². The summed E-state index contributed by atoms with van der Waals surface area (Å²) >= 11 is 0. The van der Waals surface area contributed by atoms with E-state index in [-0.39, 0.29) is 17.6 Å². The smallest absolute Gasteiger partial charge is 0.225 e. The Morgan fingerprint density at radius 2 is 2.05 bits per heavy atom. The van der Waals surface area contributed by atoms with Crippen LogP contribution in [0.1, 0.15) is 44.6 Å². The molecule has 1 amide bonds. The zero-order valence-electron chi connectivity index (χ0n) is 11.6. The van der Waals surface area contributed by atoms with Crippen LogP contribution in [0.2, 0.25) is 0 Å². The molecule has 1 fully saturated rings. The lowest BCUT2D eigenvalue weighted by molar-refractivity contribution is -0.137. The van der Waals surface area contributed by atoms with E-state index in [4.69, 9.17) is 0 Å². The van der Waals surface area contributed by atoms with Crippen LogP contribution in [-0.4, -0.2) is 17.4 Å². The molecule has 0 saturated heterocycles. The molecule has 0 aromatic heterocycles. The second-order valence-electron chi connectivity index (χ2n) is 5.32. The maximum absolute atomic E-state index is 13.2. The van der Waals surface area contributed by atoms with E-state index in [0.29, 0.717) is 13.1 Å². The molecule has 0 atom stereocenters. The van der Waals surface area contributed by atoms with Gasteiger partial charge in [-0.2, -0.15) is 0 Å². The minimum atomic E-state index is -0.237. The van der Waals surface area contributed by atoms with E-state index in [1.165, 1.54) is 18.6 Å². The standard InChI is InChI=1S/C16H22FNO/c1-2-18(12-13-7-6-10-15(17)11-13)16(19)14-8-4-3-5-9-14/h6-7,10-11,14H,2-5,8-9,12H2,1H3. The summed E-state index contributed by atoms with van der Waals surface area (Å²) in [7, 11) is 0. The van der Waals surface area contributed by atoms with Gasteiger partial charge in [0.2, 0.25) is 5.91 Å². The lowest BCUT2D eigenvalue weighted by Gasteiger charge is -2.28. The minimum absolute atomic E-state index is 0.183. The van der Waals surface area contributed by atoms with Crippen LogP contribution >= 0.6 is 0 Å². The van der Waals surface area contributed by atoms with E-state index >= 15 is 0 Å². The predicted molar refractivity (Wildman–Crippen MR) is 74.1 cm³/mol. The summed E-state index contributed by atoms with van der Waals surface area (Å²) in [5, 5.41) is 0. The molecule has 2 rings (SSSR count). The predicted octanol–water partition coefficient (Wildman–Crippen LogP) is 3.75. The maximum Gasteiger partial charge on any atom is 0.225 e. The summed E-state index contributed by atoms with van der Waals surface area (Å²) in [4.78, 5) is 14.3. The van der Waals surface area contributed by atoms with Gasteiger partial charge in [-0.1, -0.05) is 31.4 Å². The van der Waals surface area contributed by atoms with Gasteiger partial charge in [-0.25, -0.2) is 4.39 Å². The lowest BCUT2D eigenvalue weighted by atomic mass is 9.88. The van der Waals surface area contributed by atoms with Crippen molar-refractivity contribution in [1.82, 2.24) is 4.90 Å². The molecule has 0 bridgehead atoms. The third kappa shape index (κ3) is 3.79. The molecular weight excluding hydrogens is 241 g/mol. The molecule has 0 heterocycles. The van der Waals surface area contributed by atoms with Crippen molar-refractivity contribution in [3.63, 3.8) is 0 Å². The largest absolute Gasteiger partial charge is 0.338 e. The Morgan fingerprint density at radius 1 is 1.32 bits per heavy atom. The topological polar surface area (TPSA) is 20.3 Å². The first-order valence-corrected chi connectivity index (χ1v) is 7.24. The molecule has 0 aliphatic heterocycles. The SMILES string of the molecule is CCN(Cc1cccc(F)c1)C(=O)C1CCCCC1. The van der Waals surface area contributed by atoms with Crippen LogP contribution < -0.4 is 0 Å². The number of nitrogens with zero attached hydrogens (tertiary/aromatic N) is 1. The van der Waals surface area contributed by atoms with Gasteiger partial charge in [0.1, 0.15) is 5.82 Å². The number of rotatable bonds is 4. The highest BCUT2D eigenvalue weighted by atomic mass is 19.1. The Kier molecular flexibility index (Phi) is 4.94. The number of hydrogen-bond acceptors (Lipinski definition) is 1. The summed E-state index contributed by atoms with van der Waals surface area (Å²) in [5.41, 5.74) is 0.867. The van der Waals surface area contributed by atoms with Crippen molar-refractivity contribution in [1.29, 1.82) is 0 Å². The van der Waals surface area contributed by atoms with Crippen molar-refractivity contribution in [2.45, 2.75) is 45.6 Å². The van der Waals surface area contributed by atoms with Crippen molar-refractivity contribution < 1.29 is 9.18 Å². The van der Waals surface area contributed by atoms with Gasteiger partial charge >= 0.3 is 0 Å². The fourth-order valence-electron chi connectivity index (χ4n) is 2.81. The van der Waals surface area contributed by atoms with E-state index in [1.807, 2.05) is 17.9 Å². The van der Waals surface area contributed by atoms with Gasteiger partial charge in [-0.15, -0.1) is 0 Å². The van der Waals surface area contributed by atoms with Crippen LogP contribution in [0.25, 0.3) is 0 Å². The third-order valence-electron chi connectivity index (χ3n) is 3.91. The normalized spacial score (nSPS) is 16.3. The zero-order valence-corrected chi connectivity index (χ0v) is 11.6. The Morgan fingerprint density at radius 3 is 2.68 bits per heavy atom. The van der Waals surface area contributed by atoms with Crippen molar-refractivity contribution in [3.8, 4) is 0 Å². The van der Waals surface area contributed by atoms with Gasteiger partial charge in [0.05, 0.1) is 0 Å². The zero-order chi connectivity index (χ0) is 13.7. The van der Waals surface area contributed by atoms with Crippen LogP contribution in [0, 0.1) is 11.7 Å². The van der Waals surface area contributed by atoms with E-state index in [2.05, 4.69) is 0 Å². The first-order valence-electron chi connectivity index (χ1n) is 7.24. The average Bonchev–Trinajstić information content (AvgIpc) is 2.45. The molecule has 1 aliphatic carbocycles. The molecule has 2 nitrogen and oxygen atoms in total. The molecule has 0 unspecified atom stereocenters. The quantitative estimate of drug-likeness (QED) is 0.810. The summed E-state index contributed by atoms with van der Waals surface area (Å²) in [5.74, 6) is 0.187. The molecular formula is C16H22FNO. The fourth-order valence-corrected chi connectivity index (χ4v) is 2.81. The van der Waals surface area contributed by atoms with Gasteiger partial charge in [0, 0.05) is 19.0 Å². The highest BCUT2D eigenvalue weighted by Crippen LogP contribution is 2.26. The molecule has 1 saturated carbocycles. The van der Waals surface area contributed by atoms with Crippen LogP contribution in [-0.2, 0) is 11.3 Å². The molecule has 1 aromatic rings. The molecule has 1 aromatic carbocycles. The van der Waals surface area contributed by atoms with Gasteiger partial charge in [-0.3, -0.25) is 4.79 Å². The highest BCUT2D eigenvalue weighted by molar-refractivity contribution is 5.78. The second-order valence-corrected chi connectivity index (χ2v) is 5.32. The van der Waals surface area contributed by atoms with Gasteiger partial charge in [0.25, 0.3) is 0 Å². The molecule has 1 aliphatic rings. The summed E-state index contributed by atoms with van der Waals surface area (Å²) in [6.45, 7) is 3.19. The Balaban J connectivity index is 2.00. The highest BCUT2D eigenvalue weighted by Gasteiger charge is 2.25. The fraction of sp³-hybridized carbons (Fsp3) is 0.562. The van der Waals surface area contributed by atoms with Gasteiger partial charge < -0.3 is 4.90 Å². The van der Waals surface area contributed by atoms with E-state index in [1.54, 1.807) is 6.07 Å². The van der Waals surface area contributed by atoms with E-state index in [0.717, 1.165) is 31.2 Å². The summed E-state index contributed by atoms with van der Waals surface area (Å²) in [6.07, 6.45) is 5.60. The lowest BCUT2D eigenvalue weighted by Crippen LogP contribution is -2.36. The Hall–Kier alpha value is -1.38.